The molecule has 2 atom stereocenters. The Morgan fingerprint density at radius 1 is 1.25 bits per heavy atom. The van der Waals surface area contributed by atoms with Crippen LogP contribution in [0.4, 0.5) is 15.0 Å². The fourth-order valence-electron chi connectivity index (χ4n) is 3.73. The molecule has 2 aromatic rings. The fraction of sp³-hybridized carbons (Fsp3) is 0.421. The Kier molecular flexibility index (Phi) is 5.14. The monoisotopic (exact) mass is 384 g/mol. The van der Waals surface area contributed by atoms with E-state index in [0.717, 1.165) is 36.1 Å². The Labute approximate surface area is 161 Å². The number of anilines is 1. The quantitative estimate of drug-likeness (QED) is 0.835. The third-order valence-electron chi connectivity index (χ3n) is 5.09. The van der Waals surface area contributed by atoms with Crippen LogP contribution in [0.25, 0.3) is 5.57 Å². The van der Waals surface area contributed by atoms with Crippen LogP contribution in [-0.2, 0) is 11.2 Å². The minimum atomic E-state index is -0.505. The second-order valence-electron chi connectivity index (χ2n) is 6.94. The number of allylic oxidation sites excluding steroid dienone is 1. The van der Waals surface area contributed by atoms with E-state index in [0.29, 0.717) is 18.7 Å². The van der Waals surface area contributed by atoms with Gasteiger partial charge in [0.15, 0.2) is 17.5 Å². The first kappa shape index (κ1) is 18.3. The van der Waals surface area contributed by atoms with Crippen LogP contribution >= 0.6 is 0 Å². The van der Waals surface area contributed by atoms with Gasteiger partial charge < -0.3 is 15.4 Å². The van der Waals surface area contributed by atoms with Crippen molar-refractivity contribution in [2.75, 3.05) is 12.4 Å². The maximum absolute atomic E-state index is 14.3. The number of fused-ring (bicyclic) bond motifs is 1. The van der Waals surface area contributed by atoms with Gasteiger partial charge in [-0.25, -0.2) is 29.1 Å². The number of ether oxygens (including phenoxy) is 1. The summed E-state index contributed by atoms with van der Waals surface area (Å²) in [5.41, 5.74) is 2.60. The molecule has 0 unspecified atom stereocenters. The molecule has 1 amide bonds. The summed E-state index contributed by atoms with van der Waals surface area (Å²) in [5.74, 6) is 0.104. The van der Waals surface area contributed by atoms with Crippen molar-refractivity contribution in [2.45, 2.75) is 44.2 Å². The van der Waals surface area contributed by atoms with E-state index in [1.807, 2.05) is 6.08 Å². The van der Waals surface area contributed by atoms with Gasteiger partial charge in [-0.1, -0.05) is 6.08 Å². The molecule has 0 aromatic carbocycles. The molecular formula is C19H21FN6O2. The van der Waals surface area contributed by atoms with Gasteiger partial charge in [0.1, 0.15) is 6.33 Å². The molecule has 2 aliphatic rings. The largest absolute Gasteiger partial charge is 0.453 e. The number of nitrogens with zero attached hydrogens (tertiary/aromatic N) is 4. The lowest BCUT2D eigenvalue weighted by atomic mass is 9.91. The lowest BCUT2D eigenvalue weighted by molar-refractivity contribution is 0.162. The first-order chi connectivity index (χ1) is 13.6. The van der Waals surface area contributed by atoms with Gasteiger partial charge in [-0.05, 0) is 25.7 Å². The van der Waals surface area contributed by atoms with Crippen LogP contribution in [0, 0.1) is 5.82 Å². The number of hydrogen-bond acceptors (Lipinski definition) is 7. The predicted octanol–water partition coefficient (Wildman–Crippen LogP) is 2.47. The fourth-order valence-corrected chi connectivity index (χ4v) is 3.73. The van der Waals surface area contributed by atoms with Gasteiger partial charge in [0.2, 0.25) is 0 Å². The summed E-state index contributed by atoms with van der Waals surface area (Å²) in [7, 11) is 1.34. The summed E-state index contributed by atoms with van der Waals surface area (Å²) in [4.78, 5) is 28.3. The van der Waals surface area contributed by atoms with Crippen LogP contribution in [0.5, 0.6) is 0 Å². The summed E-state index contributed by atoms with van der Waals surface area (Å²) in [6, 6.07) is -0.00836. The summed E-state index contributed by atoms with van der Waals surface area (Å²) < 4.78 is 19.0. The molecule has 2 aliphatic carbocycles. The number of halogens is 1. The lowest BCUT2D eigenvalue weighted by Crippen LogP contribution is -2.41. The maximum Gasteiger partial charge on any atom is 0.407 e. The highest BCUT2D eigenvalue weighted by Crippen LogP contribution is 2.30. The van der Waals surface area contributed by atoms with E-state index in [-0.39, 0.29) is 17.9 Å². The average Bonchev–Trinajstić information content (AvgIpc) is 3.14. The number of methoxy groups -OCH3 is 1. The van der Waals surface area contributed by atoms with Crippen LogP contribution < -0.4 is 10.6 Å². The number of rotatable bonds is 4. The number of carbonyl (C=O) groups excluding carboxylic acids is 1. The molecule has 28 heavy (non-hydrogen) atoms. The first-order valence-corrected chi connectivity index (χ1v) is 9.27. The third kappa shape index (κ3) is 3.78. The van der Waals surface area contributed by atoms with Crippen LogP contribution in [0.2, 0.25) is 0 Å². The topological polar surface area (TPSA) is 102 Å². The molecule has 2 heterocycles. The van der Waals surface area contributed by atoms with Crippen molar-refractivity contribution >= 4 is 17.5 Å². The Bertz CT molecular complexity index is 919. The molecule has 8 nitrogen and oxygen atoms in total. The summed E-state index contributed by atoms with van der Waals surface area (Å²) in [6.45, 7) is 0. The second-order valence-corrected chi connectivity index (χ2v) is 6.94. The molecule has 0 bridgehead atoms. The van der Waals surface area contributed by atoms with E-state index in [2.05, 4.69) is 35.3 Å². The number of amides is 1. The molecule has 9 heteroatoms. The summed E-state index contributed by atoms with van der Waals surface area (Å²) in [5, 5.41) is 6.00. The van der Waals surface area contributed by atoms with Crippen molar-refractivity contribution in [1.82, 2.24) is 25.3 Å². The van der Waals surface area contributed by atoms with Crippen molar-refractivity contribution < 1.29 is 13.9 Å². The van der Waals surface area contributed by atoms with Gasteiger partial charge in [0.25, 0.3) is 0 Å². The van der Waals surface area contributed by atoms with E-state index < -0.39 is 11.9 Å². The number of aromatic nitrogens is 4. The van der Waals surface area contributed by atoms with Gasteiger partial charge in [-0.3, -0.25) is 0 Å². The molecule has 0 radical (unpaired) electrons. The molecule has 2 aromatic heterocycles. The van der Waals surface area contributed by atoms with Gasteiger partial charge in [-0.15, -0.1) is 0 Å². The third-order valence-corrected chi connectivity index (χ3v) is 5.09. The number of alkyl carbamates (subject to hydrolysis) is 1. The number of hydrogen-bond donors (Lipinski definition) is 2. The molecule has 4 rings (SSSR count). The van der Waals surface area contributed by atoms with Gasteiger partial charge in [0.05, 0.1) is 19.0 Å². The SMILES string of the molecule is COC(=O)N[C@H]1CCC[C@@H](Nc2nc(C3=CCc4ncncc43)ncc2F)C1. The van der Waals surface area contributed by atoms with Crippen molar-refractivity contribution in [2.24, 2.45) is 0 Å². The lowest BCUT2D eigenvalue weighted by Gasteiger charge is -2.30. The Morgan fingerprint density at radius 2 is 2.11 bits per heavy atom. The Hall–Kier alpha value is -3.10. The minimum absolute atomic E-state index is 0.00123. The van der Waals surface area contributed by atoms with Crippen molar-refractivity contribution in [3.05, 3.63) is 47.7 Å². The summed E-state index contributed by atoms with van der Waals surface area (Å²) in [6.07, 6.45) is 9.96. The zero-order valence-corrected chi connectivity index (χ0v) is 15.5. The zero-order chi connectivity index (χ0) is 19.5. The zero-order valence-electron chi connectivity index (χ0n) is 15.5. The van der Waals surface area contributed by atoms with Gasteiger partial charge in [-0.2, -0.15) is 0 Å². The Morgan fingerprint density at radius 3 is 2.96 bits per heavy atom. The highest BCUT2D eigenvalue weighted by Gasteiger charge is 2.25. The highest BCUT2D eigenvalue weighted by atomic mass is 19.1. The molecule has 1 saturated carbocycles. The molecule has 0 aliphatic heterocycles. The normalized spacial score (nSPS) is 20.9. The molecule has 146 valence electrons. The second kappa shape index (κ2) is 7.87. The minimum Gasteiger partial charge on any atom is -0.453 e. The van der Waals surface area contributed by atoms with Crippen molar-refractivity contribution in [3.63, 3.8) is 0 Å². The smallest absolute Gasteiger partial charge is 0.407 e. The molecule has 0 spiro atoms. The van der Waals surface area contributed by atoms with Gasteiger partial charge in [0, 0.05) is 35.8 Å². The van der Waals surface area contributed by atoms with Crippen LogP contribution in [0.15, 0.2) is 24.8 Å². The molecular weight excluding hydrogens is 363 g/mol. The Balaban J connectivity index is 1.50. The van der Waals surface area contributed by atoms with E-state index in [1.54, 1.807) is 6.20 Å². The van der Waals surface area contributed by atoms with E-state index in [4.69, 9.17) is 0 Å². The highest BCUT2D eigenvalue weighted by molar-refractivity contribution is 5.80. The van der Waals surface area contributed by atoms with E-state index in [9.17, 15) is 9.18 Å². The van der Waals surface area contributed by atoms with Gasteiger partial charge >= 0.3 is 6.09 Å². The molecule has 2 N–H and O–H groups in total. The van der Waals surface area contributed by atoms with Crippen molar-refractivity contribution in [1.29, 1.82) is 0 Å². The van der Waals surface area contributed by atoms with Crippen molar-refractivity contribution in [3.8, 4) is 0 Å². The standard InChI is InChI=1S/C19H21FN6O2/c1-28-19(27)25-12-4-2-3-11(7-12)24-18-15(20)9-22-17(26-18)13-5-6-16-14(13)8-21-10-23-16/h5,8-12H,2-4,6-7H2,1H3,(H,25,27)(H,22,24,26)/t11-,12+/m1/s1. The number of carbonyl (C=O) groups is 1. The van der Waals surface area contributed by atoms with Crippen LogP contribution in [0.3, 0.4) is 0 Å². The summed E-state index contributed by atoms with van der Waals surface area (Å²) >= 11 is 0. The first-order valence-electron chi connectivity index (χ1n) is 9.27. The molecule has 1 fully saturated rings. The average molecular weight is 384 g/mol. The van der Waals surface area contributed by atoms with Crippen LogP contribution in [-0.4, -0.2) is 45.2 Å². The van der Waals surface area contributed by atoms with E-state index in [1.165, 1.54) is 19.6 Å². The van der Waals surface area contributed by atoms with Crippen LogP contribution in [0.1, 0.15) is 42.8 Å². The van der Waals surface area contributed by atoms with E-state index >= 15 is 0 Å². The molecule has 0 saturated heterocycles. The predicted molar refractivity (Wildman–Crippen MR) is 100 cm³/mol. The maximum atomic E-state index is 14.3. The number of nitrogens with one attached hydrogen (secondary N) is 2.